The van der Waals surface area contributed by atoms with E-state index in [1.54, 1.807) is 13.2 Å². The van der Waals surface area contributed by atoms with Crippen LogP contribution in [0.15, 0.2) is 42.2 Å². The first-order chi connectivity index (χ1) is 16.0. The van der Waals surface area contributed by atoms with Crippen LogP contribution in [0, 0.1) is 6.92 Å². The molecule has 1 fully saturated rings. The number of aromatic nitrogens is 4. The molecule has 0 aromatic carbocycles. The molecular formula is C23H30N8OS. The Morgan fingerprint density at radius 3 is 2.70 bits per heavy atom. The highest BCUT2D eigenvalue weighted by Gasteiger charge is 2.18. The molecule has 3 heterocycles. The average molecular weight is 467 g/mol. The summed E-state index contributed by atoms with van der Waals surface area (Å²) in [5.74, 6) is 7.48. The third kappa shape index (κ3) is 5.77. The number of likely N-dealkylation sites (N-methyl/N-ethyl adjacent to an activating group) is 1. The monoisotopic (exact) mass is 466 g/mol. The lowest BCUT2D eigenvalue weighted by atomic mass is 9.98. The zero-order chi connectivity index (χ0) is 23.2. The summed E-state index contributed by atoms with van der Waals surface area (Å²) < 4.78 is 10.6. The number of aryl methyl sites for hydroxylation is 1. The first kappa shape index (κ1) is 22.9. The standard InChI is InChI=1S/C23H30N8OS/c1-15-20(32-16-8-4-3-5-9-16)12-11-17(28-15)21(24)19(31(2)25)14-27-23-29-22(30-33-23)18-10-6-7-13-26-18/h6-7,10-13,16H,3-5,8-9,14,24-25H2,1-2H3,(H,27,29,30)/b21-19-. The third-order valence-electron chi connectivity index (χ3n) is 5.62. The molecule has 9 nitrogen and oxygen atoms in total. The minimum atomic E-state index is 0.274. The predicted molar refractivity (Wildman–Crippen MR) is 131 cm³/mol. The average Bonchev–Trinajstić information content (AvgIpc) is 3.30. The van der Waals surface area contributed by atoms with Crippen molar-refractivity contribution < 1.29 is 4.74 Å². The molecule has 0 bridgehead atoms. The number of hydrogen-bond acceptors (Lipinski definition) is 10. The number of ether oxygens (including phenoxy) is 1. The van der Waals surface area contributed by atoms with Gasteiger partial charge in [-0.1, -0.05) is 12.5 Å². The molecule has 10 heteroatoms. The molecule has 174 valence electrons. The zero-order valence-corrected chi connectivity index (χ0v) is 19.8. The lowest BCUT2D eigenvalue weighted by molar-refractivity contribution is 0.153. The maximum atomic E-state index is 6.48. The Bertz CT molecular complexity index is 1090. The van der Waals surface area contributed by atoms with Crippen LogP contribution >= 0.6 is 11.5 Å². The fourth-order valence-corrected chi connectivity index (χ4v) is 4.37. The van der Waals surface area contributed by atoms with Crippen LogP contribution in [-0.4, -0.2) is 44.0 Å². The SMILES string of the molecule is Cc1nc(/C(N)=C(\CNc2nc(-c3ccccn3)ns2)N(C)N)ccc1OC1CCCCC1. The van der Waals surface area contributed by atoms with Crippen LogP contribution in [0.2, 0.25) is 0 Å². The number of nitrogens with zero attached hydrogens (tertiary/aromatic N) is 5. The molecule has 1 aliphatic carbocycles. The Hall–Kier alpha value is -3.24. The van der Waals surface area contributed by atoms with Crippen molar-refractivity contribution in [1.29, 1.82) is 0 Å². The van der Waals surface area contributed by atoms with E-state index in [0.29, 0.717) is 34.6 Å². The molecule has 3 aromatic rings. The van der Waals surface area contributed by atoms with E-state index in [9.17, 15) is 0 Å². The number of anilines is 1. The summed E-state index contributed by atoms with van der Waals surface area (Å²) in [6.07, 6.45) is 7.94. The summed E-state index contributed by atoms with van der Waals surface area (Å²) in [7, 11) is 1.75. The van der Waals surface area contributed by atoms with Gasteiger partial charge in [-0.25, -0.2) is 10.8 Å². The van der Waals surface area contributed by atoms with Gasteiger partial charge < -0.3 is 20.8 Å². The van der Waals surface area contributed by atoms with Crippen LogP contribution in [0.5, 0.6) is 5.75 Å². The van der Waals surface area contributed by atoms with Gasteiger partial charge in [0.2, 0.25) is 5.13 Å². The second-order valence-corrected chi connectivity index (χ2v) is 8.87. The van der Waals surface area contributed by atoms with E-state index >= 15 is 0 Å². The van der Waals surface area contributed by atoms with E-state index in [1.807, 2.05) is 37.3 Å². The van der Waals surface area contributed by atoms with E-state index in [4.69, 9.17) is 16.3 Å². The summed E-state index contributed by atoms with van der Waals surface area (Å²) in [6, 6.07) is 9.47. The second-order valence-electron chi connectivity index (χ2n) is 8.12. The number of hydrogen-bond donors (Lipinski definition) is 3. The minimum absolute atomic E-state index is 0.274. The topological polar surface area (TPSA) is 128 Å². The third-order valence-corrected chi connectivity index (χ3v) is 6.30. The molecule has 1 saturated carbocycles. The Morgan fingerprint density at radius 1 is 1.18 bits per heavy atom. The van der Waals surface area contributed by atoms with Crippen molar-refractivity contribution in [3.63, 3.8) is 0 Å². The number of nitrogens with one attached hydrogen (secondary N) is 1. The van der Waals surface area contributed by atoms with Gasteiger partial charge in [-0.05, 0) is 56.9 Å². The molecular weight excluding hydrogens is 436 g/mol. The van der Waals surface area contributed by atoms with Gasteiger partial charge in [-0.3, -0.25) is 4.98 Å². The van der Waals surface area contributed by atoms with Crippen LogP contribution in [0.25, 0.3) is 17.2 Å². The minimum Gasteiger partial charge on any atom is -0.489 e. The van der Waals surface area contributed by atoms with Crippen molar-refractivity contribution in [2.75, 3.05) is 18.9 Å². The molecule has 4 rings (SSSR count). The van der Waals surface area contributed by atoms with E-state index in [-0.39, 0.29) is 6.10 Å². The van der Waals surface area contributed by atoms with Crippen LogP contribution in [-0.2, 0) is 0 Å². The van der Waals surface area contributed by atoms with Gasteiger partial charge in [0.1, 0.15) is 11.4 Å². The largest absolute Gasteiger partial charge is 0.489 e. The van der Waals surface area contributed by atoms with E-state index in [0.717, 1.165) is 30.0 Å². The fraction of sp³-hybridized carbons (Fsp3) is 0.391. The molecule has 1 aliphatic rings. The molecule has 0 unspecified atom stereocenters. The van der Waals surface area contributed by atoms with Crippen molar-refractivity contribution >= 4 is 22.4 Å². The van der Waals surface area contributed by atoms with Crippen LogP contribution < -0.4 is 21.6 Å². The van der Waals surface area contributed by atoms with E-state index in [2.05, 4.69) is 24.6 Å². The van der Waals surface area contributed by atoms with Gasteiger partial charge in [0.25, 0.3) is 0 Å². The van der Waals surface area contributed by atoms with Crippen molar-refractivity contribution in [2.24, 2.45) is 11.6 Å². The normalized spacial score (nSPS) is 15.1. The highest BCUT2D eigenvalue weighted by molar-refractivity contribution is 7.09. The Balaban J connectivity index is 1.47. The number of nitrogens with two attached hydrogens (primary N) is 2. The Labute approximate surface area is 198 Å². The van der Waals surface area contributed by atoms with Gasteiger partial charge in [0.15, 0.2) is 5.82 Å². The zero-order valence-electron chi connectivity index (χ0n) is 19.0. The Kier molecular flexibility index (Phi) is 7.36. The summed E-state index contributed by atoms with van der Waals surface area (Å²) in [5, 5.41) is 5.40. The van der Waals surface area contributed by atoms with Crippen molar-refractivity contribution in [1.82, 2.24) is 24.3 Å². The van der Waals surface area contributed by atoms with Crippen molar-refractivity contribution in [3.8, 4) is 17.3 Å². The molecule has 0 atom stereocenters. The van der Waals surface area contributed by atoms with Crippen LogP contribution in [0.4, 0.5) is 5.13 Å². The molecule has 3 aromatic heterocycles. The fourth-order valence-electron chi connectivity index (χ4n) is 3.80. The lowest BCUT2D eigenvalue weighted by Crippen LogP contribution is -2.32. The lowest BCUT2D eigenvalue weighted by Gasteiger charge is -2.24. The highest BCUT2D eigenvalue weighted by Crippen LogP contribution is 2.26. The van der Waals surface area contributed by atoms with Crippen LogP contribution in [0.3, 0.4) is 0 Å². The Morgan fingerprint density at radius 2 is 2.00 bits per heavy atom. The smallest absolute Gasteiger partial charge is 0.203 e. The van der Waals surface area contributed by atoms with Gasteiger partial charge in [-0.15, -0.1) is 0 Å². The number of hydrazine groups is 1. The summed E-state index contributed by atoms with van der Waals surface area (Å²) in [6.45, 7) is 2.32. The van der Waals surface area contributed by atoms with Crippen molar-refractivity contribution in [2.45, 2.75) is 45.1 Å². The molecule has 5 N–H and O–H groups in total. The van der Waals surface area contributed by atoms with E-state index < -0.39 is 0 Å². The number of rotatable bonds is 8. The second kappa shape index (κ2) is 10.6. The number of pyridine rings is 2. The van der Waals surface area contributed by atoms with Gasteiger partial charge in [-0.2, -0.15) is 9.36 Å². The van der Waals surface area contributed by atoms with E-state index in [1.165, 1.54) is 35.8 Å². The molecule has 0 spiro atoms. The maximum absolute atomic E-state index is 6.48. The quantitative estimate of drug-likeness (QED) is 0.337. The van der Waals surface area contributed by atoms with Gasteiger partial charge in [0.05, 0.1) is 35.4 Å². The highest BCUT2D eigenvalue weighted by atomic mass is 32.1. The molecule has 0 amide bonds. The molecule has 0 radical (unpaired) electrons. The molecule has 33 heavy (non-hydrogen) atoms. The summed E-state index contributed by atoms with van der Waals surface area (Å²) >= 11 is 1.26. The summed E-state index contributed by atoms with van der Waals surface area (Å²) in [5.41, 5.74) is 9.86. The van der Waals surface area contributed by atoms with Gasteiger partial charge >= 0.3 is 0 Å². The maximum Gasteiger partial charge on any atom is 0.203 e. The molecule has 0 saturated heterocycles. The first-order valence-electron chi connectivity index (χ1n) is 11.1. The van der Waals surface area contributed by atoms with Crippen molar-refractivity contribution in [3.05, 3.63) is 53.6 Å². The predicted octanol–water partition coefficient (Wildman–Crippen LogP) is 3.56. The van der Waals surface area contributed by atoms with Gasteiger partial charge in [0, 0.05) is 24.8 Å². The first-order valence-corrected chi connectivity index (χ1v) is 11.9. The van der Waals surface area contributed by atoms with Crippen LogP contribution in [0.1, 0.15) is 43.5 Å². The molecule has 0 aliphatic heterocycles. The summed E-state index contributed by atoms with van der Waals surface area (Å²) in [4.78, 5) is 13.5.